The normalized spacial score (nSPS) is 30.2. The fourth-order valence-electron chi connectivity index (χ4n) is 1.77. The predicted molar refractivity (Wildman–Crippen MR) is 41.7 cm³/mol. The van der Waals surface area contributed by atoms with E-state index in [9.17, 15) is 8.78 Å². The van der Waals surface area contributed by atoms with Crippen molar-refractivity contribution in [3.63, 3.8) is 0 Å². The third kappa shape index (κ3) is 2.44. The maximum atomic E-state index is 12.2. The van der Waals surface area contributed by atoms with E-state index in [0.29, 0.717) is 25.2 Å². The molecule has 0 bridgehead atoms. The van der Waals surface area contributed by atoms with Gasteiger partial charge in [0.1, 0.15) is 0 Å². The second-order valence-corrected chi connectivity index (χ2v) is 3.48. The van der Waals surface area contributed by atoms with Crippen molar-refractivity contribution in [2.24, 2.45) is 11.8 Å². The van der Waals surface area contributed by atoms with E-state index in [0.717, 1.165) is 12.8 Å². The van der Waals surface area contributed by atoms with Crippen LogP contribution in [0.1, 0.15) is 32.1 Å². The van der Waals surface area contributed by atoms with Crippen molar-refractivity contribution in [2.75, 3.05) is 0 Å². The van der Waals surface area contributed by atoms with E-state index in [2.05, 4.69) is 6.07 Å². The van der Waals surface area contributed by atoms with Gasteiger partial charge in [-0.1, -0.05) is 0 Å². The number of hydrogen-bond acceptors (Lipinski definition) is 1. The molecular weight excluding hydrogens is 160 g/mol. The predicted octanol–water partition coefficient (Wildman–Crippen LogP) is 2.97. The third-order valence-electron chi connectivity index (χ3n) is 2.63. The van der Waals surface area contributed by atoms with Crippen LogP contribution < -0.4 is 0 Å². The molecule has 1 aliphatic rings. The standard InChI is InChI=1S/C9H13F2N/c10-9(11)8-3-1-7(2-4-8)5-6-12/h7-9H,1-5H2. The summed E-state index contributed by atoms with van der Waals surface area (Å²) in [6.07, 6.45) is 1.20. The summed E-state index contributed by atoms with van der Waals surface area (Å²) in [4.78, 5) is 0. The molecule has 68 valence electrons. The Kier molecular flexibility index (Phi) is 3.46. The highest BCUT2D eigenvalue weighted by Gasteiger charge is 2.26. The summed E-state index contributed by atoms with van der Waals surface area (Å²) in [6, 6.07) is 2.09. The Morgan fingerprint density at radius 2 is 1.83 bits per heavy atom. The summed E-state index contributed by atoms with van der Waals surface area (Å²) < 4.78 is 24.3. The number of nitriles is 1. The molecule has 0 radical (unpaired) electrons. The van der Waals surface area contributed by atoms with E-state index in [-0.39, 0.29) is 0 Å². The Morgan fingerprint density at radius 1 is 1.25 bits per heavy atom. The van der Waals surface area contributed by atoms with Gasteiger partial charge in [-0.15, -0.1) is 0 Å². The maximum absolute atomic E-state index is 12.2. The quantitative estimate of drug-likeness (QED) is 0.629. The fraction of sp³-hybridized carbons (Fsp3) is 0.889. The van der Waals surface area contributed by atoms with Gasteiger partial charge in [0, 0.05) is 12.3 Å². The van der Waals surface area contributed by atoms with Crippen molar-refractivity contribution in [2.45, 2.75) is 38.5 Å². The molecule has 0 aromatic carbocycles. The molecule has 0 saturated heterocycles. The zero-order valence-electron chi connectivity index (χ0n) is 6.97. The highest BCUT2D eigenvalue weighted by molar-refractivity contribution is 4.81. The molecule has 1 aliphatic carbocycles. The first-order valence-electron chi connectivity index (χ1n) is 4.39. The van der Waals surface area contributed by atoms with Crippen LogP contribution in [-0.4, -0.2) is 6.43 Å². The Hall–Kier alpha value is -0.650. The Labute approximate surface area is 71.4 Å². The lowest BCUT2D eigenvalue weighted by Crippen LogP contribution is -2.19. The van der Waals surface area contributed by atoms with Crippen LogP contribution in [0.2, 0.25) is 0 Å². The van der Waals surface area contributed by atoms with Crippen molar-refractivity contribution in [1.29, 1.82) is 5.26 Å². The van der Waals surface area contributed by atoms with Gasteiger partial charge in [-0.25, -0.2) is 8.78 Å². The first-order valence-corrected chi connectivity index (χ1v) is 4.39. The van der Waals surface area contributed by atoms with Gasteiger partial charge in [0.25, 0.3) is 0 Å². The molecule has 0 spiro atoms. The minimum atomic E-state index is -2.16. The van der Waals surface area contributed by atoms with E-state index in [1.807, 2.05) is 0 Å². The molecule has 0 N–H and O–H groups in total. The smallest absolute Gasteiger partial charge is 0.210 e. The van der Waals surface area contributed by atoms with Crippen LogP contribution in [0.25, 0.3) is 0 Å². The SMILES string of the molecule is N#CCC1CCC(C(F)F)CC1. The van der Waals surface area contributed by atoms with Crippen molar-refractivity contribution < 1.29 is 8.78 Å². The van der Waals surface area contributed by atoms with Crippen LogP contribution in [0.3, 0.4) is 0 Å². The topological polar surface area (TPSA) is 23.8 Å². The molecule has 0 atom stereocenters. The average Bonchev–Trinajstić information content (AvgIpc) is 2.06. The largest absolute Gasteiger partial charge is 0.241 e. The van der Waals surface area contributed by atoms with E-state index in [4.69, 9.17) is 5.26 Å². The van der Waals surface area contributed by atoms with E-state index in [1.54, 1.807) is 0 Å². The average molecular weight is 173 g/mol. The van der Waals surface area contributed by atoms with E-state index < -0.39 is 12.3 Å². The Bertz CT molecular complexity index is 166. The molecule has 0 aliphatic heterocycles. The summed E-state index contributed by atoms with van der Waals surface area (Å²) in [5.74, 6) is -0.0232. The highest BCUT2D eigenvalue weighted by Crippen LogP contribution is 2.33. The molecule has 1 fully saturated rings. The zero-order valence-corrected chi connectivity index (χ0v) is 6.97. The van der Waals surface area contributed by atoms with Crippen LogP contribution in [0.5, 0.6) is 0 Å². The Morgan fingerprint density at radius 3 is 2.25 bits per heavy atom. The third-order valence-corrected chi connectivity index (χ3v) is 2.63. The molecule has 1 saturated carbocycles. The second kappa shape index (κ2) is 4.39. The monoisotopic (exact) mass is 173 g/mol. The summed E-state index contributed by atoms with van der Waals surface area (Å²) in [5, 5.41) is 8.40. The van der Waals surface area contributed by atoms with Crippen LogP contribution in [0.15, 0.2) is 0 Å². The highest BCUT2D eigenvalue weighted by atomic mass is 19.3. The van der Waals surface area contributed by atoms with Gasteiger partial charge < -0.3 is 0 Å². The minimum Gasteiger partial charge on any atom is -0.210 e. The van der Waals surface area contributed by atoms with Crippen LogP contribution in [0.4, 0.5) is 8.78 Å². The first kappa shape index (κ1) is 9.44. The van der Waals surface area contributed by atoms with Crippen molar-refractivity contribution in [3.8, 4) is 6.07 Å². The Balaban J connectivity index is 2.26. The number of rotatable bonds is 2. The summed E-state index contributed by atoms with van der Waals surface area (Å²) >= 11 is 0. The number of nitrogens with zero attached hydrogens (tertiary/aromatic N) is 1. The lowest BCUT2D eigenvalue weighted by molar-refractivity contribution is 0.0471. The van der Waals surface area contributed by atoms with Gasteiger partial charge >= 0.3 is 0 Å². The van der Waals surface area contributed by atoms with Crippen molar-refractivity contribution in [3.05, 3.63) is 0 Å². The summed E-state index contributed by atoms with van der Waals surface area (Å²) in [5.41, 5.74) is 0. The van der Waals surface area contributed by atoms with Gasteiger partial charge in [-0.2, -0.15) is 5.26 Å². The molecular formula is C9H13F2N. The second-order valence-electron chi connectivity index (χ2n) is 3.48. The van der Waals surface area contributed by atoms with Crippen LogP contribution in [0, 0.1) is 23.2 Å². The number of alkyl halides is 2. The molecule has 1 nitrogen and oxygen atoms in total. The van der Waals surface area contributed by atoms with Gasteiger partial charge in [0.2, 0.25) is 6.43 Å². The fourth-order valence-corrected chi connectivity index (χ4v) is 1.77. The van der Waals surface area contributed by atoms with E-state index in [1.165, 1.54) is 0 Å². The lowest BCUT2D eigenvalue weighted by atomic mass is 9.81. The van der Waals surface area contributed by atoms with Crippen molar-refractivity contribution >= 4 is 0 Å². The molecule has 1 rings (SSSR count). The molecule has 0 aromatic heterocycles. The minimum absolute atomic E-state index is 0.380. The summed E-state index contributed by atoms with van der Waals surface area (Å²) in [7, 11) is 0. The zero-order chi connectivity index (χ0) is 8.97. The molecule has 0 heterocycles. The molecule has 12 heavy (non-hydrogen) atoms. The molecule has 0 amide bonds. The maximum Gasteiger partial charge on any atom is 0.241 e. The van der Waals surface area contributed by atoms with Gasteiger partial charge in [-0.05, 0) is 31.6 Å². The van der Waals surface area contributed by atoms with Gasteiger partial charge in [-0.3, -0.25) is 0 Å². The van der Waals surface area contributed by atoms with Gasteiger partial charge in [0.15, 0.2) is 0 Å². The molecule has 0 aromatic rings. The number of hydrogen-bond donors (Lipinski definition) is 0. The first-order chi connectivity index (χ1) is 5.74. The van der Waals surface area contributed by atoms with Gasteiger partial charge in [0.05, 0.1) is 6.07 Å². The van der Waals surface area contributed by atoms with E-state index >= 15 is 0 Å². The summed E-state index contributed by atoms with van der Waals surface area (Å²) in [6.45, 7) is 0. The molecule has 3 heteroatoms. The van der Waals surface area contributed by atoms with Crippen LogP contribution in [-0.2, 0) is 0 Å². The molecule has 0 unspecified atom stereocenters. The van der Waals surface area contributed by atoms with Crippen molar-refractivity contribution in [1.82, 2.24) is 0 Å². The lowest BCUT2D eigenvalue weighted by Gasteiger charge is -2.26. The van der Waals surface area contributed by atoms with Crippen LogP contribution >= 0.6 is 0 Å². The number of halogens is 2.